The minimum Gasteiger partial charge on any atom is -0.397 e. The molecule has 0 saturated heterocycles. The van der Waals surface area contributed by atoms with E-state index in [9.17, 15) is 5.26 Å². The predicted molar refractivity (Wildman–Crippen MR) is 82.7 cm³/mol. The minimum absolute atomic E-state index is 0.639. The van der Waals surface area contributed by atoms with Gasteiger partial charge in [0.15, 0.2) is 0 Å². The quantitative estimate of drug-likeness (QED) is 0.904. The Morgan fingerprint density at radius 3 is 2.60 bits per heavy atom. The van der Waals surface area contributed by atoms with Gasteiger partial charge in [-0.1, -0.05) is 37.1 Å². The van der Waals surface area contributed by atoms with Gasteiger partial charge < -0.3 is 10.3 Å². The number of nitrogens with zero attached hydrogens (tertiary/aromatic N) is 2. The third-order valence-corrected chi connectivity index (χ3v) is 3.63. The summed E-state index contributed by atoms with van der Waals surface area (Å²) in [6, 6.07) is 11.7. The number of rotatable bonds is 5. The number of hydrogen-bond acceptors (Lipinski definition) is 2. The number of unbranched alkanes of at least 4 members (excludes halogenated alkanes) is 1. The van der Waals surface area contributed by atoms with Crippen LogP contribution >= 0.6 is 11.6 Å². The van der Waals surface area contributed by atoms with Crippen molar-refractivity contribution in [3.05, 3.63) is 52.3 Å². The molecule has 1 aromatic carbocycles. The lowest BCUT2D eigenvalue weighted by atomic mass is 10.1. The molecule has 4 heteroatoms. The Morgan fingerprint density at radius 2 is 2.00 bits per heavy atom. The fourth-order valence-corrected chi connectivity index (χ4v) is 2.39. The number of nitriles is 1. The van der Waals surface area contributed by atoms with Crippen LogP contribution in [-0.4, -0.2) is 4.57 Å². The van der Waals surface area contributed by atoms with Crippen LogP contribution in [0.1, 0.15) is 36.7 Å². The Labute approximate surface area is 124 Å². The molecule has 0 fully saturated rings. The van der Waals surface area contributed by atoms with Crippen LogP contribution in [0.15, 0.2) is 30.3 Å². The summed E-state index contributed by atoms with van der Waals surface area (Å²) < 4.78 is 2.04. The van der Waals surface area contributed by atoms with Crippen LogP contribution in [-0.2, 0) is 13.0 Å². The zero-order valence-electron chi connectivity index (χ0n) is 11.6. The zero-order chi connectivity index (χ0) is 14.5. The fraction of sp³-hybridized carbons (Fsp3) is 0.312. The van der Waals surface area contributed by atoms with Crippen molar-refractivity contribution < 1.29 is 0 Å². The largest absolute Gasteiger partial charge is 0.397 e. The Kier molecular flexibility index (Phi) is 4.70. The Hall–Kier alpha value is -1.92. The molecule has 2 rings (SSSR count). The second kappa shape index (κ2) is 6.49. The normalized spacial score (nSPS) is 10.4. The molecule has 0 saturated carbocycles. The smallest absolute Gasteiger partial charge is 0.122 e. The van der Waals surface area contributed by atoms with Crippen molar-refractivity contribution in [2.45, 2.75) is 32.7 Å². The highest BCUT2D eigenvalue weighted by Crippen LogP contribution is 2.23. The van der Waals surface area contributed by atoms with E-state index in [-0.39, 0.29) is 0 Å². The van der Waals surface area contributed by atoms with Gasteiger partial charge in [0.2, 0.25) is 0 Å². The van der Waals surface area contributed by atoms with Crippen LogP contribution in [0.2, 0.25) is 5.02 Å². The molecular formula is C16H18ClN3. The molecule has 0 atom stereocenters. The first-order valence-corrected chi connectivity index (χ1v) is 7.16. The SMILES string of the molecule is CCCCn1c(C#N)cc(N)c1Cc1ccc(Cl)cc1. The van der Waals surface area contributed by atoms with Crippen molar-refractivity contribution in [1.82, 2.24) is 4.57 Å². The highest BCUT2D eigenvalue weighted by atomic mass is 35.5. The van der Waals surface area contributed by atoms with Gasteiger partial charge in [0.1, 0.15) is 11.8 Å². The van der Waals surface area contributed by atoms with Gasteiger partial charge in [-0.3, -0.25) is 0 Å². The van der Waals surface area contributed by atoms with Crippen LogP contribution in [0.5, 0.6) is 0 Å². The second-order valence-electron chi connectivity index (χ2n) is 4.85. The molecule has 0 aliphatic rings. The molecule has 20 heavy (non-hydrogen) atoms. The Morgan fingerprint density at radius 1 is 1.30 bits per heavy atom. The number of benzene rings is 1. The lowest BCUT2D eigenvalue weighted by Gasteiger charge is -2.11. The maximum atomic E-state index is 9.21. The molecule has 0 bridgehead atoms. The topological polar surface area (TPSA) is 54.7 Å². The average molecular weight is 288 g/mol. The van der Waals surface area contributed by atoms with Crippen LogP contribution in [0, 0.1) is 11.3 Å². The molecule has 2 N–H and O–H groups in total. The number of hydrogen-bond donors (Lipinski definition) is 1. The van der Waals surface area contributed by atoms with Gasteiger partial charge in [0.05, 0.1) is 5.69 Å². The van der Waals surface area contributed by atoms with E-state index in [0.29, 0.717) is 17.8 Å². The van der Waals surface area contributed by atoms with Crippen molar-refractivity contribution in [3.8, 4) is 6.07 Å². The van der Waals surface area contributed by atoms with Crippen molar-refractivity contribution in [2.75, 3.05) is 5.73 Å². The summed E-state index contributed by atoms with van der Waals surface area (Å²) in [5, 5.41) is 9.94. The van der Waals surface area contributed by atoms with Gasteiger partial charge in [-0.05, 0) is 30.2 Å². The second-order valence-corrected chi connectivity index (χ2v) is 5.29. The van der Waals surface area contributed by atoms with Crippen LogP contribution in [0.25, 0.3) is 0 Å². The van der Waals surface area contributed by atoms with Crippen LogP contribution < -0.4 is 5.73 Å². The van der Waals surface area contributed by atoms with Crippen molar-refractivity contribution in [3.63, 3.8) is 0 Å². The van der Waals surface area contributed by atoms with E-state index in [4.69, 9.17) is 17.3 Å². The lowest BCUT2D eigenvalue weighted by Crippen LogP contribution is -2.07. The number of anilines is 1. The molecule has 2 aromatic rings. The zero-order valence-corrected chi connectivity index (χ0v) is 12.3. The van der Waals surface area contributed by atoms with Crippen LogP contribution in [0.3, 0.4) is 0 Å². The first kappa shape index (κ1) is 14.5. The van der Waals surface area contributed by atoms with E-state index >= 15 is 0 Å². The summed E-state index contributed by atoms with van der Waals surface area (Å²) in [6.07, 6.45) is 2.84. The van der Waals surface area contributed by atoms with Crippen molar-refractivity contribution in [1.29, 1.82) is 5.26 Å². The molecule has 0 aliphatic heterocycles. The summed E-state index contributed by atoms with van der Waals surface area (Å²) in [5.41, 5.74) is 9.55. The third kappa shape index (κ3) is 3.15. The Balaban J connectivity index is 2.32. The number of aromatic nitrogens is 1. The van der Waals surface area contributed by atoms with Gasteiger partial charge in [-0.15, -0.1) is 0 Å². The van der Waals surface area contributed by atoms with Crippen molar-refractivity contribution >= 4 is 17.3 Å². The summed E-state index contributed by atoms with van der Waals surface area (Å²) in [6.45, 7) is 2.97. The maximum Gasteiger partial charge on any atom is 0.122 e. The highest BCUT2D eigenvalue weighted by molar-refractivity contribution is 6.30. The van der Waals surface area contributed by atoms with Gasteiger partial charge in [-0.25, -0.2) is 0 Å². The molecule has 0 amide bonds. The number of nitrogens with two attached hydrogens (primary N) is 1. The van der Waals surface area contributed by atoms with E-state index in [1.165, 1.54) is 0 Å². The molecule has 0 spiro atoms. The highest BCUT2D eigenvalue weighted by Gasteiger charge is 2.13. The molecule has 0 radical (unpaired) electrons. The fourth-order valence-electron chi connectivity index (χ4n) is 2.27. The Bertz CT molecular complexity index is 620. The minimum atomic E-state index is 0.639. The molecule has 1 aromatic heterocycles. The van der Waals surface area contributed by atoms with Gasteiger partial charge in [0.25, 0.3) is 0 Å². The summed E-state index contributed by atoms with van der Waals surface area (Å²) in [7, 11) is 0. The van der Waals surface area contributed by atoms with E-state index in [0.717, 1.165) is 35.7 Å². The first-order chi connectivity index (χ1) is 9.65. The monoisotopic (exact) mass is 287 g/mol. The van der Waals surface area contributed by atoms with Gasteiger partial charge in [0, 0.05) is 23.7 Å². The van der Waals surface area contributed by atoms with E-state index in [1.54, 1.807) is 6.07 Å². The summed E-state index contributed by atoms with van der Waals surface area (Å²) >= 11 is 5.90. The van der Waals surface area contributed by atoms with Gasteiger partial charge in [-0.2, -0.15) is 5.26 Å². The van der Waals surface area contributed by atoms with E-state index in [1.807, 2.05) is 28.8 Å². The van der Waals surface area contributed by atoms with E-state index < -0.39 is 0 Å². The number of halogens is 1. The predicted octanol–water partition coefficient (Wildman–Crippen LogP) is 3.99. The molecule has 0 unspecified atom stereocenters. The standard InChI is InChI=1S/C16H18ClN3/c1-2-3-8-20-14(11-18)10-15(19)16(20)9-12-4-6-13(17)7-5-12/h4-7,10H,2-3,8-9,19H2,1H3. The summed E-state index contributed by atoms with van der Waals surface area (Å²) in [4.78, 5) is 0. The molecule has 3 nitrogen and oxygen atoms in total. The molecular weight excluding hydrogens is 270 g/mol. The maximum absolute atomic E-state index is 9.21. The molecule has 104 valence electrons. The van der Waals surface area contributed by atoms with E-state index in [2.05, 4.69) is 13.0 Å². The third-order valence-electron chi connectivity index (χ3n) is 3.38. The first-order valence-electron chi connectivity index (χ1n) is 6.78. The summed E-state index contributed by atoms with van der Waals surface area (Å²) in [5.74, 6) is 0. The molecule has 1 heterocycles. The van der Waals surface area contributed by atoms with Crippen LogP contribution in [0.4, 0.5) is 5.69 Å². The lowest BCUT2D eigenvalue weighted by molar-refractivity contribution is 0.611. The average Bonchev–Trinajstić information content (AvgIpc) is 2.75. The van der Waals surface area contributed by atoms with Crippen molar-refractivity contribution in [2.24, 2.45) is 0 Å². The van der Waals surface area contributed by atoms with Gasteiger partial charge >= 0.3 is 0 Å². The number of nitrogen functional groups attached to an aromatic ring is 1. The molecule has 0 aliphatic carbocycles.